The molecule has 37 heavy (non-hydrogen) atoms. The van der Waals surface area contributed by atoms with Gasteiger partial charge in [0.2, 0.25) is 11.8 Å². The van der Waals surface area contributed by atoms with Gasteiger partial charge in [0, 0.05) is 38.4 Å². The summed E-state index contributed by atoms with van der Waals surface area (Å²) in [4.78, 5) is 27.6. The van der Waals surface area contributed by atoms with Crippen LogP contribution in [0.4, 0.5) is 0 Å². The Balaban J connectivity index is 1.26. The SMILES string of the molecule is Cc1cc(CN(CC2CCCCC2)C(C)c2ccc3c(c2)CCO3)ccc1OCCN1C(=O)CCC1=O. The first-order valence-electron chi connectivity index (χ1n) is 14.0. The average Bonchev–Trinajstić information content (AvgIpc) is 3.51. The van der Waals surface area contributed by atoms with E-state index in [1.807, 2.05) is 6.07 Å². The third kappa shape index (κ3) is 6.18. The molecule has 0 aromatic heterocycles. The van der Waals surface area contributed by atoms with E-state index in [-0.39, 0.29) is 11.8 Å². The van der Waals surface area contributed by atoms with Gasteiger partial charge in [-0.15, -0.1) is 0 Å². The Bertz CT molecular complexity index is 1110. The molecule has 198 valence electrons. The van der Waals surface area contributed by atoms with Crippen molar-refractivity contribution in [3.63, 3.8) is 0 Å². The van der Waals surface area contributed by atoms with Gasteiger partial charge in [-0.05, 0) is 67.0 Å². The van der Waals surface area contributed by atoms with Crippen molar-refractivity contribution in [1.82, 2.24) is 9.80 Å². The molecule has 0 bridgehead atoms. The highest BCUT2D eigenvalue weighted by Crippen LogP contribution is 2.33. The van der Waals surface area contributed by atoms with Crippen LogP contribution in [0.25, 0.3) is 0 Å². The Morgan fingerprint density at radius 3 is 2.57 bits per heavy atom. The van der Waals surface area contributed by atoms with Gasteiger partial charge >= 0.3 is 0 Å². The molecular weight excluding hydrogens is 464 g/mol. The maximum Gasteiger partial charge on any atom is 0.229 e. The fourth-order valence-corrected chi connectivity index (χ4v) is 6.06. The predicted octanol–water partition coefficient (Wildman–Crippen LogP) is 5.60. The van der Waals surface area contributed by atoms with Crippen LogP contribution in [0.3, 0.4) is 0 Å². The monoisotopic (exact) mass is 504 g/mol. The summed E-state index contributed by atoms with van der Waals surface area (Å²) in [5.41, 5.74) is 5.05. The molecule has 0 spiro atoms. The van der Waals surface area contributed by atoms with Gasteiger partial charge in [0.1, 0.15) is 18.1 Å². The van der Waals surface area contributed by atoms with Crippen molar-refractivity contribution in [2.45, 2.75) is 77.8 Å². The molecule has 2 heterocycles. The van der Waals surface area contributed by atoms with E-state index in [0.717, 1.165) is 49.1 Å². The fraction of sp³-hybridized carbons (Fsp3) is 0.548. The molecule has 1 saturated heterocycles. The van der Waals surface area contributed by atoms with Crippen LogP contribution in [0.15, 0.2) is 36.4 Å². The minimum Gasteiger partial charge on any atom is -0.493 e. The van der Waals surface area contributed by atoms with E-state index in [2.05, 4.69) is 49.1 Å². The highest BCUT2D eigenvalue weighted by Gasteiger charge is 2.28. The van der Waals surface area contributed by atoms with E-state index in [0.29, 0.717) is 32.0 Å². The van der Waals surface area contributed by atoms with E-state index in [1.165, 1.54) is 53.7 Å². The zero-order valence-electron chi connectivity index (χ0n) is 22.3. The predicted molar refractivity (Wildman–Crippen MR) is 144 cm³/mol. The molecular formula is C31H40N2O4. The number of fused-ring (bicyclic) bond motifs is 1. The highest BCUT2D eigenvalue weighted by atomic mass is 16.5. The van der Waals surface area contributed by atoms with Crippen LogP contribution in [0.2, 0.25) is 0 Å². The topological polar surface area (TPSA) is 59.1 Å². The number of benzene rings is 2. The van der Waals surface area contributed by atoms with E-state index < -0.39 is 0 Å². The summed E-state index contributed by atoms with van der Waals surface area (Å²) in [6, 6.07) is 13.5. The molecule has 2 aromatic rings. The van der Waals surface area contributed by atoms with Crippen LogP contribution in [-0.4, -0.2) is 47.9 Å². The second kappa shape index (κ2) is 11.7. The molecule has 2 aliphatic heterocycles. The lowest BCUT2D eigenvalue weighted by molar-refractivity contribution is -0.138. The summed E-state index contributed by atoms with van der Waals surface area (Å²) in [6.07, 6.45) is 8.37. The van der Waals surface area contributed by atoms with E-state index >= 15 is 0 Å². The number of hydrogen-bond acceptors (Lipinski definition) is 5. The van der Waals surface area contributed by atoms with Crippen LogP contribution < -0.4 is 9.47 Å². The third-order valence-electron chi connectivity index (χ3n) is 8.31. The van der Waals surface area contributed by atoms with Gasteiger partial charge < -0.3 is 9.47 Å². The molecule has 5 rings (SSSR count). The van der Waals surface area contributed by atoms with Gasteiger partial charge in [-0.2, -0.15) is 0 Å². The summed E-state index contributed by atoms with van der Waals surface area (Å²) in [7, 11) is 0. The zero-order valence-corrected chi connectivity index (χ0v) is 22.3. The first kappa shape index (κ1) is 25.8. The minimum atomic E-state index is -0.0938. The quantitative estimate of drug-likeness (QED) is 0.394. The maximum atomic E-state index is 11.8. The Hall–Kier alpha value is -2.86. The van der Waals surface area contributed by atoms with Crippen molar-refractivity contribution < 1.29 is 19.1 Å². The number of hydrogen-bond donors (Lipinski definition) is 0. The van der Waals surface area contributed by atoms with E-state index in [9.17, 15) is 9.59 Å². The number of amides is 2. The summed E-state index contributed by atoms with van der Waals surface area (Å²) >= 11 is 0. The van der Waals surface area contributed by atoms with Crippen molar-refractivity contribution in [3.05, 3.63) is 58.7 Å². The molecule has 3 aliphatic rings. The lowest BCUT2D eigenvalue weighted by atomic mass is 9.88. The lowest BCUT2D eigenvalue weighted by Gasteiger charge is -2.34. The maximum absolute atomic E-state index is 11.8. The Morgan fingerprint density at radius 2 is 1.81 bits per heavy atom. The fourth-order valence-electron chi connectivity index (χ4n) is 6.06. The first-order valence-corrected chi connectivity index (χ1v) is 14.0. The molecule has 2 fully saturated rings. The van der Waals surface area contributed by atoms with Crippen molar-refractivity contribution in [3.8, 4) is 11.5 Å². The molecule has 0 N–H and O–H groups in total. The normalized spacial score (nSPS) is 18.8. The highest BCUT2D eigenvalue weighted by molar-refractivity contribution is 6.01. The molecule has 2 aromatic carbocycles. The molecule has 1 saturated carbocycles. The van der Waals surface area contributed by atoms with Gasteiger partial charge in [0.05, 0.1) is 13.2 Å². The van der Waals surface area contributed by atoms with Crippen molar-refractivity contribution in [1.29, 1.82) is 0 Å². The zero-order chi connectivity index (χ0) is 25.8. The van der Waals surface area contributed by atoms with Crippen molar-refractivity contribution >= 4 is 11.8 Å². The number of rotatable bonds is 10. The van der Waals surface area contributed by atoms with E-state index in [4.69, 9.17) is 9.47 Å². The second-order valence-corrected chi connectivity index (χ2v) is 11.0. The van der Waals surface area contributed by atoms with Gasteiger partial charge in [0.25, 0.3) is 0 Å². The van der Waals surface area contributed by atoms with Gasteiger partial charge in [0.15, 0.2) is 0 Å². The number of ether oxygens (including phenoxy) is 2. The van der Waals surface area contributed by atoms with Gasteiger partial charge in [-0.1, -0.05) is 43.5 Å². The number of likely N-dealkylation sites (tertiary alicyclic amines) is 1. The summed E-state index contributed by atoms with van der Waals surface area (Å²) < 4.78 is 11.7. The number of imide groups is 1. The van der Waals surface area contributed by atoms with Crippen LogP contribution in [0, 0.1) is 12.8 Å². The lowest BCUT2D eigenvalue weighted by Crippen LogP contribution is -2.33. The standard InChI is InChI=1S/C31H40N2O4/c1-22-18-25(8-10-28(22)37-17-15-33-30(34)12-13-31(33)35)21-32(20-24-6-4-3-5-7-24)23(2)26-9-11-29-27(19-26)14-16-36-29/h8-11,18-19,23-24H,3-7,12-17,20-21H2,1-2H3. The first-order chi connectivity index (χ1) is 18.0. The molecule has 1 unspecified atom stereocenters. The van der Waals surface area contributed by atoms with Crippen LogP contribution in [-0.2, 0) is 22.6 Å². The Labute approximate surface area is 220 Å². The third-order valence-corrected chi connectivity index (χ3v) is 8.31. The number of aryl methyl sites for hydroxylation is 1. The minimum absolute atomic E-state index is 0.0938. The number of carbonyl (C=O) groups is 2. The Morgan fingerprint density at radius 1 is 1.03 bits per heavy atom. The van der Waals surface area contributed by atoms with Crippen LogP contribution in [0.5, 0.6) is 11.5 Å². The summed E-state index contributed by atoms with van der Waals surface area (Å²) in [6.45, 7) is 7.85. The molecule has 0 radical (unpaired) electrons. The van der Waals surface area contributed by atoms with Crippen molar-refractivity contribution in [2.75, 3.05) is 26.3 Å². The van der Waals surface area contributed by atoms with Gasteiger partial charge in [-0.25, -0.2) is 0 Å². The number of carbonyl (C=O) groups excluding carboxylic acids is 2. The molecule has 6 heteroatoms. The van der Waals surface area contributed by atoms with Crippen LogP contribution >= 0.6 is 0 Å². The summed E-state index contributed by atoms with van der Waals surface area (Å²) in [5.74, 6) is 2.42. The smallest absolute Gasteiger partial charge is 0.229 e. The Kier molecular flexibility index (Phi) is 8.14. The van der Waals surface area contributed by atoms with Gasteiger partial charge in [-0.3, -0.25) is 19.4 Å². The second-order valence-electron chi connectivity index (χ2n) is 11.0. The summed E-state index contributed by atoms with van der Waals surface area (Å²) in [5, 5.41) is 0. The average molecular weight is 505 g/mol. The van der Waals surface area contributed by atoms with Crippen molar-refractivity contribution in [2.24, 2.45) is 5.92 Å². The molecule has 1 atom stereocenters. The van der Waals surface area contributed by atoms with E-state index in [1.54, 1.807) is 0 Å². The largest absolute Gasteiger partial charge is 0.493 e. The molecule has 1 aliphatic carbocycles. The van der Waals surface area contributed by atoms with Crippen LogP contribution in [0.1, 0.15) is 80.2 Å². The molecule has 6 nitrogen and oxygen atoms in total. The number of nitrogens with zero attached hydrogens (tertiary/aromatic N) is 2. The molecule has 2 amide bonds.